The molecule has 0 spiro atoms. The molecule has 1 aromatic rings. The molecule has 0 amide bonds. The smallest absolute Gasteiger partial charge is 0.240 e. The van der Waals surface area contributed by atoms with Crippen LogP contribution in [0.3, 0.4) is 0 Å². The Morgan fingerprint density at radius 2 is 2.06 bits per heavy atom. The molecule has 1 rings (SSSR count). The van der Waals surface area contributed by atoms with Crippen molar-refractivity contribution in [2.75, 3.05) is 12.3 Å². The second kappa shape index (κ2) is 6.02. The highest BCUT2D eigenvalue weighted by Gasteiger charge is 2.12. The molecule has 0 unspecified atom stereocenters. The average Bonchev–Trinajstić information content (AvgIpc) is 2.24. The van der Waals surface area contributed by atoms with Gasteiger partial charge in [0, 0.05) is 12.2 Å². The lowest BCUT2D eigenvalue weighted by molar-refractivity contribution is 0.540. The number of nitrogens with one attached hydrogen (secondary N) is 1. The van der Waals surface area contributed by atoms with Crippen molar-refractivity contribution >= 4 is 15.7 Å². The monoisotopic (exact) mass is 256 g/mol. The quantitative estimate of drug-likeness (QED) is 0.604. The standard InChI is InChI=1S/C12H20N2O2S/c1-10(2)5-4-8-14-17(15,16)12-7-3-6-11(13)9-12/h3,6-7,9-10,14H,4-5,8,13H2,1-2H3. The number of rotatable bonds is 6. The first-order valence-electron chi connectivity index (χ1n) is 5.77. The fourth-order valence-electron chi connectivity index (χ4n) is 1.48. The maximum Gasteiger partial charge on any atom is 0.240 e. The molecule has 0 heterocycles. The second-order valence-electron chi connectivity index (χ2n) is 4.51. The summed E-state index contributed by atoms with van der Waals surface area (Å²) < 4.78 is 26.3. The van der Waals surface area contributed by atoms with Crippen LogP contribution in [0.2, 0.25) is 0 Å². The van der Waals surface area contributed by atoms with Crippen molar-refractivity contribution in [2.24, 2.45) is 5.92 Å². The summed E-state index contributed by atoms with van der Waals surface area (Å²) in [6.07, 6.45) is 1.86. The van der Waals surface area contributed by atoms with Gasteiger partial charge in [0.05, 0.1) is 4.90 Å². The van der Waals surface area contributed by atoms with E-state index in [9.17, 15) is 8.42 Å². The fraction of sp³-hybridized carbons (Fsp3) is 0.500. The van der Waals surface area contributed by atoms with Gasteiger partial charge in [-0.1, -0.05) is 19.9 Å². The summed E-state index contributed by atoms with van der Waals surface area (Å²) in [6, 6.07) is 6.31. The van der Waals surface area contributed by atoms with Crippen molar-refractivity contribution in [2.45, 2.75) is 31.6 Å². The highest BCUT2D eigenvalue weighted by Crippen LogP contribution is 2.12. The minimum atomic E-state index is -3.41. The van der Waals surface area contributed by atoms with Gasteiger partial charge in [-0.15, -0.1) is 0 Å². The Hall–Kier alpha value is -1.07. The van der Waals surface area contributed by atoms with Crippen molar-refractivity contribution < 1.29 is 8.42 Å². The summed E-state index contributed by atoms with van der Waals surface area (Å²) in [5, 5.41) is 0. The lowest BCUT2D eigenvalue weighted by Gasteiger charge is -2.08. The van der Waals surface area contributed by atoms with Crippen LogP contribution in [-0.4, -0.2) is 15.0 Å². The molecule has 0 bridgehead atoms. The maximum absolute atomic E-state index is 11.9. The molecule has 0 fully saturated rings. The van der Waals surface area contributed by atoms with Crippen molar-refractivity contribution in [1.29, 1.82) is 0 Å². The summed E-state index contributed by atoms with van der Waals surface area (Å²) in [5.74, 6) is 0.590. The van der Waals surface area contributed by atoms with Crippen LogP contribution in [0.5, 0.6) is 0 Å². The number of nitrogen functional groups attached to an aromatic ring is 1. The normalized spacial score (nSPS) is 11.9. The third kappa shape index (κ3) is 4.75. The van der Waals surface area contributed by atoms with E-state index in [-0.39, 0.29) is 4.90 Å². The van der Waals surface area contributed by atoms with E-state index < -0.39 is 10.0 Å². The van der Waals surface area contributed by atoms with Gasteiger partial charge in [-0.3, -0.25) is 0 Å². The Bertz CT molecular complexity index is 455. The van der Waals surface area contributed by atoms with Crippen LogP contribution >= 0.6 is 0 Å². The molecule has 0 radical (unpaired) electrons. The van der Waals surface area contributed by atoms with E-state index in [1.54, 1.807) is 18.2 Å². The van der Waals surface area contributed by atoms with Crippen molar-refractivity contribution in [3.8, 4) is 0 Å². The lowest BCUT2D eigenvalue weighted by Crippen LogP contribution is -2.25. The molecule has 0 saturated heterocycles. The summed E-state index contributed by atoms with van der Waals surface area (Å²) in [7, 11) is -3.41. The minimum absolute atomic E-state index is 0.224. The topological polar surface area (TPSA) is 72.2 Å². The lowest BCUT2D eigenvalue weighted by atomic mass is 10.1. The Labute approximate surface area is 103 Å². The maximum atomic E-state index is 11.9. The first-order chi connectivity index (χ1) is 7.92. The summed E-state index contributed by atoms with van der Waals surface area (Å²) >= 11 is 0. The van der Waals surface area contributed by atoms with E-state index >= 15 is 0 Å². The molecule has 17 heavy (non-hydrogen) atoms. The van der Waals surface area contributed by atoms with Crippen LogP contribution in [0, 0.1) is 5.92 Å². The molecule has 5 heteroatoms. The Kier molecular flexibility index (Phi) is 4.96. The average molecular weight is 256 g/mol. The molecule has 96 valence electrons. The van der Waals surface area contributed by atoms with Gasteiger partial charge in [0.25, 0.3) is 0 Å². The summed E-state index contributed by atoms with van der Waals surface area (Å²) in [6.45, 7) is 4.70. The van der Waals surface area contributed by atoms with Gasteiger partial charge in [0.2, 0.25) is 10.0 Å². The van der Waals surface area contributed by atoms with Gasteiger partial charge in [0.1, 0.15) is 0 Å². The largest absolute Gasteiger partial charge is 0.399 e. The van der Waals surface area contributed by atoms with E-state index in [1.165, 1.54) is 6.07 Å². The molecule has 0 aliphatic carbocycles. The molecule has 3 N–H and O–H groups in total. The number of hydrogen-bond donors (Lipinski definition) is 2. The zero-order valence-corrected chi connectivity index (χ0v) is 11.1. The van der Waals surface area contributed by atoms with Crippen molar-refractivity contribution in [3.63, 3.8) is 0 Å². The minimum Gasteiger partial charge on any atom is -0.399 e. The molecule has 0 atom stereocenters. The van der Waals surface area contributed by atoms with E-state index in [2.05, 4.69) is 18.6 Å². The van der Waals surface area contributed by atoms with Gasteiger partial charge < -0.3 is 5.73 Å². The first-order valence-corrected chi connectivity index (χ1v) is 7.25. The Morgan fingerprint density at radius 1 is 1.35 bits per heavy atom. The molecular formula is C12H20N2O2S. The summed E-state index contributed by atoms with van der Waals surface area (Å²) in [5.41, 5.74) is 6.01. The SMILES string of the molecule is CC(C)CCCNS(=O)(=O)c1cccc(N)c1. The first kappa shape index (κ1) is 14.0. The Morgan fingerprint density at radius 3 is 2.65 bits per heavy atom. The highest BCUT2D eigenvalue weighted by molar-refractivity contribution is 7.89. The van der Waals surface area contributed by atoms with Gasteiger partial charge in [-0.2, -0.15) is 0 Å². The van der Waals surface area contributed by atoms with E-state index in [0.717, 1.165) is 12.8 Å². The summed E-state index contributed by atoms with van der Waals surface area (Å²) in [4.78, 5) is 0.224. The zero-order chi connectivity index (χ0) is 12.9. The number of sulfonamides is 1. The number of nitrogens with two attached hydrogens (primary N) is 1. The molecule has 0 saturated carbocycles. The third-order valence-corrected chi connectivity index (χ3v) is 3.88. The van der Waals surface area contributed by atoms with Crippen molar-refractivity contribution in [1.82, 2.24) is 4.72 Å². The fourth-order valence-corrected chi connectivity index (χ4v) is 2.61. The van der Waals surface area contributed by atoms with Gasteiger partial charge in [-0.25, -0.2) is 13.1 Å². The molecule has 1 aromatic carbocycles. The Balaban J connectivity index is 2.57. The third-order valence-electron chi connectivity index (χ3n) is 2.42. The van der Waals surface area contributed by atoms with Gasteiger partial charge >= 0.3 is 0 Å². The molecule has 0 aliphatic heterocycles. The zero-order valence-electron chi connectivity index (χ0n) is 10.3. The van der Waals surface area contributed by atoms with Crippen LogP contribution < -0.4 is 10.5 Å². The van der Waals surface area contributed by atoms with Gasteiger partial charge in [-0.05, 0) is 37.0 Å². The number of benzene rings is 1. The van der Waals surface area contributed by atoms with Crippen molar-refractivity contribution in [3.05, 3.63) is 24.3 Å². The van der Waals surface area contributed by atoms with E-state index in [1.807, 2.05) is 0 Å². The van der Waals surface area contributed by atoms with Crippen LogP contribution in [0.1, 0.15) is 26.7 Å². The predicted molar refractivity (Wildman–Crippen MR) is 70.1 cm³/mol. The number of anilines is 1. The van der Waals surface area contributed by atoms with E-state index in [0.29, 0.717) is 18.2 Å². The van der Waals surface area contributed by atoms with E-state index in [4.69, 9.17) is 5.73 Å². The van der Waals surface area contributed by atoms with Crippen LogP contribution in [-0.2, 0) is 10.0 Å². The highest BCUT2D eigenvalue weighted by atomic mass is 32.2. The van der Waals surface area contributed by atoms with Crippen LogP contribution in [0.4, 0.5) is 5.69 Å². The van der Waals surface area contributed by atoms with Gasteiger partial charge in [0.15, 0.2) is 0 Å². The van der Waals surface area contributed by atoms with Crippen LogP contribution in [0.25, 0.3) is 0 Å². The molecule has 0 aliphatic rings. The predicted octanol–water partition coefficient (Wildman–Crippen LogP) is 1.98. The van der Waals surface area contributed by atoms with Crippen LogP contribution in [0.15, 0.2) is 29.2 Å². The molecular weight excluding hydrogens is 236 g/mol. The number of hydrogen-bond acceptors (Lipinski definition) is 3. The molecule has 0 aromatic heterocycles. The molecule has 4 nitrogen and oxygen atoms in total. The second-order valence-corrected chi connectivity index (χ2v) is 6.27.